The van der Waals surface area contributed by atoms with Crippen molar-refractivity contribution in [1.29, 1.82) is 0 Å². The fraction of sp³-hybridized carbons (Fsp3) is 0.429. The molecule has 0 N–H and O–H groups in total. The standard InChI is InChI=1S/C7H12O4Si/c1-2-5-10-6(8)3-4-7(9)11-12/h3-4H,2,5H2,1,12H3/b4-3-. The average Bonchev–Trinajstić information content (AvgIpc) is 2.10. The van der Waals surface area contributed by atoms with Crippen LogP contribution >= 0.6 is 0 Å². The lowest BCUT2D eigenvalue weighted by molar-refractivity contribution is -0.138. The van der Waals surface area contributed by atoms with Crippen LogP contribution in [-0.4, -0.2) is 29.0 Å². The van der Waals surface area contributed by atoms with Gasteiger partial charge in [0.2, 0.25) is 10.5 Å². The summed E-state index contributed by atoms with van der Waals surface area (Å²) in [6, 6.07) is 0. The molecule has 0 aliphatic heterocycles. The van der Waals surface area contributed by atoms with Crippen molar-refractivity contribution in [1.82, 2.24) is 0 Å². The van der Waals surface area contributed by atoms with Crippen LogP contribution in [0.15, 0.2) is 12.2 Å². The molecule has 0 aliphatic carbocycles. The molecule has 0 saturated carbocycles. The normalized spacial score (nSPS) is 10.1. The Morgan fingerprint density at radius 3 is 2.42 bits per heavy atom. The van der Waals surface area contributed by atoms with E-state index in [0.717, 1.165) is 18.6 Å². The van der Waals surface area contributed by atoms with Gasteiger partial charge in [0, 0.05) is 12.2 Å². The van der Waals surface area contributed by atoms with Crippen LogP contribution in [0.1, 0.15) is 13.3 Å². The smallest absolute Gasteiger partial charge is 0.331 e. The third-order valence-electron chi connectivity index (χ3n) is 1.01. The summed E-state index contributed by atoms with van der Waals surface area (Å²) < 4.78 is 9.07. The molecular formula is C7H12O4Si. The lowest BCUT2D eigenvalue weighted by Crippen LogP contribution is -2.03. The first kappa shape index (κ1) is 10.9. The summed E-state index contributed by atoms with van der Waals surface area (Å²) in [7, 11) is 0.333. The van der Waals surface area contributed by atoms with Gasteiger partial charge in [-0.2, -0.15) is 0 Å². The molecule has 0 spiro atoms. The molecule has 0 aliphatic rings. The highest BCUT2D eigenvalue weighted by atomic mass is 28.2. The van der Waals surface area contributed by atoms with Crippen LogP contribution < -0.4 is 0 Å². The van der Waals surface area contributed by atoms with Gasteiger partial charge in [-0.15, -0.1) is 0 Å². The van der Waals surface area contributed by atoms with Crippen LogP contribution in [0, 0.1) is 0 Å². The Labute approximate surface area is 74.1 Å². The predicted molar refractivity (Wildman–Crippen MR) is 46.4 cm³/mol. The molecular weight excluding hydrogens is 176 g/mol. The summed E-state index contributed by atoms with van der Waals surface area (Å²) in [5, 5.41) is 0. The highest BCUT2D eigenvalue weighted by molar-refractivity contribution is 6.08. The molecule has 0 heterocycles. The summed E-state index contributed by atoms with van der Waals surface area (Å²) in [4.78, 5) is 21.2. The minimum atomic E-state index is -0.510. The maximum Gasteiger partial charge on any atom is 0.331 e. The number of carbonyl (C=O) groups is 2. The maximum atomic E-state index is 10.7. The molecule has 4 nitrogen and oxygen atoms in total. The van der Waals surface area contributed by atoms with Crippen molar-refractivity contribution in [3.63, 3.8) is 0 Å². The van der Waals surface area contributed by atoms with Crippen molar-refractivity contribution in [3.05, 3.63) is 12.2 Å². The molecule has 5 heteroatoms. The van der Waals surface area contributed by atoms with E-state index in [-0.39, 0.29) is 0 Å². The van der Waals surface area contributed by atoms with Gasteiger partial charge in [-0.3, -0.25) is 0 Å². The van der Waals surface area contributed by atoms with Gasteiger partial charge in [-0.25, -0.2) is 9.59 Å². The van der Waals surface area contributed by atoms with Gasteiger partial charge in [0.15, 0.2) is 0 Å². The first-order chi connectivity index (χ1) is 5.70. The Morgan fingerprint density at radius 1 is 1.33 bits per heavy atom. The van der Waals surface area contributed by atoms with Crippen molar-refractivity contribution >= 4 is 22.4 Å². The van der Waals surface area contributed by atoms with Crippen molar-refractivity contribution in [2.24, 2.45) is 0 Å². The summed E-state index contributed by atoms with van der Waals surface area (Å²) in [5.41, 5.74) is 0. The van der Waals surface area contributed by atoms with Crippen LogP contribution in [0.5, 0.6) is 0 Å². The molecule has 68 valence electrons. The molecule has 0 unspecified atom stereocenters. The fourth-order valence-corrected chi connectivity index (χ4v) is 0.591. The van der Waals surface area contributed by atoms with Crippen LogP contribution in [0.3, 0.4) is 0 Å². The minimum absolute atomic E-state index is 0.333. The second kappa shape index (κ2) is 6.60. The Balaban J connectivity index is 3.67. The lowest BCUT2D eigenvalue weighted by atomic mass is 10.5. The van der Waals surface area contributed by atoms with Crippen LogP contribution in [0.4, 0.5) is 0 Å². The van der Waals surface area contributed by atoms with Gasteiger partial charge in [0.25, 0.3) is 0 Å². The van der Waals surface area contributed by atoms with E-state index in [4.69, 9.17) is 0 Å². The topological polar surface area (TPSA) is 52.6 Å². The van der Waals surface area contributed by atoms with Crippen molar-refractivity contribution in [3.8, 4) is 0 Å². The van der Waals surface area contributed by atoms with E-state index in [1.807, 2.05) is 6.92 Å². The van der Waals surface area contributed by atoms with Crippen molar-refractivity contribution < 1.29 is 18.8 Å². The summed E-state index contributed by atoms with van der Waals surface area (Å²) in [6.07, 6.45) is 2.89. The molecule has 0 aromatic carbocycles. The third-order valence-corrected chi connectivity index (χ3v) is 1.41. The number of rotatable bonds is 4. The molecule has 0 aromatic rings. The molecule has 12 heavy (non-hydrogen) atoms. The minimum Gasteiger partial charge on any atom is -0.526 e. The molecule has 0 aromatic heterocycles. The monoisotopic (exact) mass is 188 g/mol. The second-order valence-corrected chi connectivity index (χ2v) is 2.43. The van der Waals surface area contributed by atoms with E-state index in [1.165, 1.54) is 0 Å². The van der Waals surface area contributed by atoms with Gasteiger partial charge < -0.3 is 9.16 Å². The van der Waals surface area contributed by atoms with Crippen molar-refractivity contribution in [2.45, 2.75) is 13.3 Å². The SMILES string of the molecule is CCCOC(=O)/C=C\C(=O)O[SiH3]. The van der Waals surface area contributed by atoms with Gasteiger partial charge in [0.1, 0.15) is 0 Å². The molecule has 0 saturated heterocycles. The van der Waals surface area contributed by atoms with Crippen LogP contribution in [0.2, 0.25) is 0 Å². The molecule has 0 bridgehead atoms. The highest BCUT2D eigenvalue weighted by Crippen LogP contribution is 1.85. The van der Waals surface area contributed by atoms with Gasteiger partial charge in [-0.1, -0.05) is 6.92 Å². The lowest BCUT2D eigenvalue weighted by Gasteiger charge is -1.96. The first-order valence-corrected chi connectivity index (χ1v) is 4.45. The zero-order valence-electron chi connectivity index (χ0n) is 7.20. The van der Waals surface area contributed by atoms with E-state index in [0.29, 0.717) is 17.1 Å². The van der Waals surface area contributed by atoms with E-state index < -0.39 is 11.9 Å². The third kappa shape index (κ3) is 5.66. The molecule has 0 rings (SSSR count). The largest absolute Gasteiger partial charge is 0.526 e. The number of hydrogen-bond donors (Lipinski definition) is 0. The van der Waals surface area contributed by atoms with E-state index in [1.54, 1.807) is 0 Å². The van der Waals surface area contributed by atoms with E-state index in [2.05, 4.69) is 9.16 Å². The predicted octanol–water partition coefficient (Wildman–Crippen LogP) is -0.681. The fourth-order valence-electron chi connectivity index (χ4n) is 0.455. The molecule has 0 radical (unpaired) electrons. The second-order valence-electron chi connectivity index (χ2n) is 2.02. The highest BCUT2D eigenvalue weighted by Gasteiger charge is 1.96. The molecule has 0 fully saturated rings. The Kier molecular flexibility index (Phi) is 5.99. The Hall–Kier alpha value is -1.10. The first-order valence-electron chi connectivity index (χ1n) is 3.63. The molecule has 0 amide bonds. The van der Waals surface area contributed by atoms with Gasteiger partial charge in [0.05, 0.1) is 6.61 Å². The number of ether oxygens (including phenoxy) is 1. The quantitative estimate of drug-likeness (QED) is 0.333. The summed E-state index contributed by atoms with van der Waals surface area (Å²) in [5.74, 6) is -1.01. The number of hydrogen-bond acceptors (Lipinski definition) is 4. The van der Waals surface area contributed by atoms with Gasteiger partial charge in [-0.05, 0) is 6.42 Å². The van der Waals surface area contributed by atoms with E-state index >= 15 is 0 Å². The van der Waals surface area contributed by atoms with Gasteiger partial charge >= 0.3 is 11.9 Å². The average molecular weight is 188 g/mol. The molecule has 0 atom stereocenters. The van der Waals surface area contributed by atoms with Crippen LogP contribution in [-0.2, 0) is 18.8 Å². The Bertz CT molecular complexity index is 188. The number of carbonyl (C=O) groups excluding carboxylic acids is 2. The maximum absolute atomic E-state index is 10.7. The summed E-state index contributed by atoms with van der Waals surface area (Å²) in [6.45, 7) is 2.27. The van der Waals surface area contributed by atoms with Crippen molar-refractivity contribution in [2.75, 3.05) is 6.61 Å². The van der Waals surface area contributed by atoms with Crippen LogP contribution in [0.25, 0.3) is 0 Å². The zero-order valence-corrected chi connectivity index (χ0v) is 9.20. The zero-order chi connectivity index (χ0) is 9.40. The number of esters is 1. The summed E-state index contributed by atoms with van der Waals surface area (Å²) >= 11 is 0. The Morgan fingerprint density at radius 2 is 1.92 bits per heavy atom. The van der Waals surface area contributed by atoms with E-state index in [9.17, 15) is 9.59 Å².